The van der Waals surface area contributed by atoms with Crippen molar-refractivity contribution in [2.45, 2.75) is 45.3 Å². The van der Waals surface area contributed by atoms with Crippen LogP contribution in [-0.2, 0) is 11.2 Å². The largest absolute Gasteiger partial charge is 0.376 e. The smallest absolute Gasteiger partial charge is 0.113 e. The van der Waals surface area contributed by atoms with Crippen molar-refractivity contribution in [3.63, 3.8) is 0 Å². The first-order chi connectivity index (χ1) is 7.22. The van der Waals surface area contributed by atoms with Gasteiger partial charge in [0, 0.05) is 11.5 Å². The van der Waals surface area contributed by atoms with Gasteiger partial charge < -0.3 is 10.5 Å². The Labute approximate surface area is 94.7 Å². The fraction of sp³-hybridized carbons (Fsp3) is 0.727. The molecule has 1 saturated heterocycles. The Morgan fingerprint density at radius 3 is 3.00 bits per heavy atom. The van der Waals surface area contributed by atoms with Crippen LogP contribution >= 0.6 is 11.3 Å². The van der Waals surface area contributed by atoms with E-state index in [1.54, 1.807) is 11.3 Å². The van der Waals surface area contributed by atoms with E-state index in [1.807, 2.05) is 0 Å². The molecule has 1 fully saturated rings. The zero-order valence-electron chi connectivity index (χ0n) is 9.32. The van der Waals surface area contributed by atoms with Crippen molar-refractivity contribution in [2.24, 2.45) is 5.73 Å². The van der Waals surface area contributed by atoms with Crippen molar-refractivity contribution >= 4 is 11.3 Å². The molecular weight excluding hydrogens is 208 g/mol. The number of rotatable bonds is 3. The summed E-state index contributed by atoms with van der Waals surface area (Å²) >= 11 is 1.72. The van der Waals surface area contributed by atoms with Gasteiger partial charge in [0.15, 0.2) is 0 Å². The minimum Gasteiger partial charge on any atom is -0.376 e. The lowest BCUT2D eigenvalue weighted by molar-refractivity contribution is 0.0899. The van der Waals surface area contributed by atoms with E-state index >= 15 is 0 Å². The predicted molar refractivity (Wildman–Crippen MR) is 62.1 cm³/mol. The first kappa shape index (κ1) is 11.0. The van der Waals surface area contributed by atoms with Crippen LogP contribution in [0, 0.1) is 6.92 Å². The molecule has 15 heavy (non-hydrogen) atoms. The van der Waals surface area contributed by atoms with Crippen LogP contribution in [0.4, 0.5) is 0 Å². The highest BCUT2D eigenvalue weighted by molar-refractivity contribution is 7.11. The molecule has 1 aliphatic heterocycles. The first-order valence-corrected chi connectivity index (χ1v) is 6.37. The highest BCUT2D eigenvalue weighted by Crippen LogP contribution is 2.29. The summed E-state index contributed by atoms with van der Waals surface area (Å²) in [6.45, 7) is 5.09. The molecule has 4 heteroatoms. The summed E-state index contributed by atoms with van der Waals surface area (Å²) in [5.41, 5.74) is 7.34. The molecule has 0 aromatic carbocycles. The van der Waals surface area contributed by atoms with Crippen LogP contribution in [0.15, 0.2) is 0 Å². The zero-order valence-corrected chi connectivity index (χ0v) is 10.1. The van der Waals surface area contributed by atoms with Crippen LogP contribution in [0.5, 0.6) is 0 Å². The van der Waals surface area contributed by atoms with Crippen LogP contribution in [0.25, 0.3) is 0 Å². The Morgan fingerprint density at radius 2 is 2.47 bits per heavy atom. The topological polar surface area (TPSA) is 48.1 Å². The molecule has 1 aromatic rings. The first-order valence-electron chi connectivity index (χ1n) is 5.55. The molecule has 2 heterocycles. The van der Waals surface area contributed by atoms with Crippen molar-refractivity contribution < 1.29 is 4.74 Å². The predicted octanol–water partition coefficient (Wildman–Crippen LogP) is 2.19. The molecule has 0 radical (unpaired) electrons. The molecule has 2 atom stereocenters. The lowest BCUT2D eigenvalue weighted by atomic mass is 10.1. The fourth-order valence-corrected chi connectivity index (χ4v) is 3.03. The van der Waals surface area contributed by atoms with E-state index in [2.05, 4.69) is 18.8 Å². The Kier molecular flexibility index (Phi) is 3.38. The Hall–Kier alpha value is -0.450. The molecule has 2 rings (SSSR count). The van der Waals surface area contributed by atoms with Gasteiger partial charge in [0.25, 0.3) is 0 Å². The van der Waals surface area contributed by atoms with E-state index < -0.39 is 0 Å². The second-order valence-electron chi connectivity index (χ2n) is 3.99. The molecule has 0 bridgehead atoms. The van der Waals surface area contributed by atoms with E-state index in [4.69, 9.17) is 10.5 Å². The summed E-state index contributed by atoms with van der Waals surface area (Å²) in [4.78, 5) is 5.88. The highest BCUT2D eigenvalue weighted by atomic mass is 32.1. The minimum atomic E-state index is -0.0310. The molecule has 1 aromatic heterocycles. The average Bonchev–Trinajstić information content (AvgIpc) is 2.85. The van der Waals surface area contributed by atoms with E-state index in [9.17, 15) is 0 Å². The van der Waals surface area contributed by atoms with Crippen LogP contribution < -0.4 is 5.73 Å². The molecule has 84 valence electrons. The lowest BCUT2D eigenvalue weighted by Crippen LogP contribution is -2.25. The second-order valence-corrected chi connectivity index (χ2v) is 5.22. The Bertz CT molecular complexity index is 331. The molecule has 3 nitrogen and oxygen atoms in total. The van der Waals surface area contributed by atoms with Gasteiger partial charge in [-0.25, -0.2) is 4.98 Å². The van der Waals surface area contributed by atoms with Gasteiger partial charge in [-0.05, 0) is 26.2 Å². The van der Waals surface area contributed by atoms with Crippen molar-refractivity contribution in [1.29, 1.82) is 0 Å². The van der Waals surface area contributed by atoms with Gasteiger partial charge in [0.05, 0.1) is 17.8 Å². The summed E-state index contributed by atoms with van der Waals surface area (Å²) in [6.07, 6.45) is 3.37. The molecule has 0 aliphatic carbocycles. The number of ether oxygens (including phenoxy) is 1. The fourth-order valence-electron chi connectivity index (χ4n) is 1.97. The molecule has 0 spiro atoms. The van der Waals surface area contributed by atoms with Gasteiger partial charge in [0.2, 0.25) is 0 Å². The maximum absolute atomic E-state index is 6.16. The highest BCUT2D eigenvalue weighted by Gasteiger charge is 2.26. The normalized spacial score (nSPS) is 23.3. The SMILES string of the molecule is CCc1nc(C(N)C2CCCO2)sc1C. The maximum Gasteiger partial charge on any atom is 0.113 e. The second kappa shape index (κ2) is 4.60. The van der Waals surface area contributed by atoms with Gasteiger partial charge in [-0.1, -0.05) is 6.92 Å². The third-order valence-electron chi connectivity index (χ3n) is 2.89. The number of hydrogen-bond donors (Lipinski definition) is 1. The van der Waals surface area contributed by atoms with Crippen LogP contribution in [-0.4, -0.2) is 17.7 Å². The molecule has 1 aliphatic rings. The third kappa shape index (κ3) is 2.22. The molecule has 0 amide bonds. The maximum atomic E-state index is 6.16. The van der Waals surface area contributed by atoms with Gasteiger partial charge in [-0.3, -0.25) is 0 Å². The van der Waals surface area contributed by atoms with E-state index in [0.29, 0.717) is 0 Å². The molecule has 2 unspecified atom stereocenters. The van der Waals surface area contributed by atoms with Gasteiger partial charge in [0.1, 0.15) is 5.01 Å². The summed E-state index contributed by atoms with van der Waals surface area (Å²) in [5, 5.41) is 1.04. The van der Waals surface area contributed by atoms with Gasteiger partial charge >= 0.3 is 0 Å². The van der Waals surface area contributed by atoms with E-state index in [-0.39, 0.29) is 12.1 Å². The van der Waals surface area contributed by atoms with E-state index in [0.717, 1.165) is 30.9 Å². The van der Waals surface area contributed by atoms with Gasteiger partial charge in [-0.2, -0.15) is 0 Å². The van der Waals surface area contributed by atoms with Crippen molar-refractivity contribution in [1.82, 2.24) is 4.98 Å². The Morgan fingerprint density at radius 1 is 1.67 bits per heavy atom. The number of hydrogen-bond acceptors (Lipinski definition) is 4. The summed E-state index contributed by atoms with van der Waals surface area (Å²) in [5.74, 6) is 0. The lowest BCUT2D eigenvalue weighted by Gasteiger charge is -2.15. The molecular formula is C11H18N2OS. The quantitative estimate of drug-likeness (QED) is 0.859. The summed E-state index contributed by atoms with van der Waals surface area (Å²) in [7, 11) is 0. The summed E-state index contributed by atoms with van der Waals surface area (Å²) < 4.78 is 5.59. The monoisotopic (exact) mass is 226 g/mol. The average molecular weight is 226 g/mol. The number of thiazole rings is 1. The van der Waals surface area contributed by atoms with E-state index in [1.165, 1.54) is 10.6 Å². The Balaban J connectivity index is 2.13. The summed E-state index contributed by atoms with van der Waals surface area (Å²) in [6, 6.07) is -0.0310. The van der Waals surface area contributed by atoms with Crippen molar-refractivity contribution in [2.75, 3.05) is 6.61 Å². The van der Waals surface area contributed by atoms with Crippen LogP contribution in [0.2, 0.25) is 0 Å². The standard InChI is InChI=1S/C11H18N2OS/c1-3-8-7(2)15-11(13-8)10(12)9-5-4-6-14-9/h9-10H,3-6,12H2,1-2H3. The number of aryl methyl sites for hydroxylation is 2. The van der Waals surface area contributed by atoms with Crippen molar-refractivity contribution in [3.8, 4) is 0 Å². The minimum absolute atomic E-state index is 0.0310. The van der Waals surface area contributed by atoms with Crippen LogP contribution in [0.1, 0.15) is 41.4 Å². The number of nitrogens with zero attached hydrogens (tertiary/aromatic N) is 1. The van der Waals surface area contributed by atoms with Crippen LogP contribution in [0.3, 0.4) is 0 Å². The number of aromatic nitrogens is 1. The number of nitrogens with two attached hydrogens (primary N) is 1. The van der Waals surface area contributed by atoms with Crippen molar-refractivity contribution in [3.05, 3.63) is 15.6 Å². The third-order valence-corrected chi connectivity index (χ3v) is 4.01. The van der Waals surface area contributed by atoms with Gasteiger partial charge in [-0.15, -0.1) is 11.3 Å². The zero-order chi connectivity index (χ0) is 10.8. The molecule has 2 N–H and O–H groups in total. The molecule has 0 saturated carbocycles.